The Bertz CT molecular complexity index is 541. The first-order valence-corrected chi connectivity index (χ1v) is 6.31. The number of hydrogen-bond acceptors (Lipinski definition) is 0. The molecule has 0 unspecified atom stereocenters. The molecule has 0 amide bonds. The van der Waals surface area contributed by atoms with Gasteiger partial charge in [0.2, 0.25) is 0 Å². The van der Waals surface area contributed by atoms with E-state index in [1.54, 1.807) is 0 Å². The molecular formula is C10H2Cl6. The van der Waals surface area contributed by atoms with Crippen LogP contribution in [0.2, 0.25) is 30.1 Å². The summed E-state index contributed by atoms with van der Waals surface area (Å²) in [4.78, 5) is 0. The molecule has 2 aromatic rings. The molecule has 0 nitrogen and oxygen atoms in total. The van der Waals surface area contributed by atoms with E-state index in [1.807, 2.05) is 0 Å². The minimum atomic E-state index is 0.287. The minimum Gasteiger partial charge on any atom is -0.0835 e. The second-order valence-electron chi connectivity index (χ2n) is 3.06. The zero-order chi connectivity index (χ0) is 12.0. The Kier molecular flexibility index (Phi) is 3.71. The summed E-state index contributed by atoms with van der Waals surface area (Å²) in [6, 6.07) is 3.04. The van der Waals surface area contributed by atoms with E-state index < -0.39 is 0 Å². The first kappa shape index (κ1) is 12.9. The number of halogens is 6. The fourth-order valence-corrected chi connectivity index (χ4v) is 3.11. The van der Waals surface area contributed by atoms with Gasteiger partial charge in [-0.1, -0.05) is 69.6 Å². The van der Waals surface area contributed by atoms with Crippen LogP contribution in [0, 0.1) is 0 Å². The van der Waals surface area contributed by atoms with Gasteiger partial charge in [0.15, 0.2) is 0 Å². The van der Waals surface area contributed by atoms with Gasteiger partial charge in [-0.25, -0.2) is 0 Å². The van der Waals surface area contributed by atoms with Crippen molar-refractivity contribution in [2.75, 3.05) is 0 Å². The number of fused-ring (bicyclic) bond motifs is 1. The molecule has 0 saturated heterocycles. The van der Waals surface area contributed by atoms with Crippen LogP contribution < -0.4 is 0 Å². The van der Waals surface area contributed by atoms with Crippen LogP contribution in [0.5, 0.6) is 0 Å². The molecule has 0 saturated carbocycles. The Hall–Kier alpha value is 0.440. The summed E-state index contributed by atoms with van der Waals surface area (Å²) >= 11 is 36.0. The fourth-order valence-electron chi connectivity index (χ4n) is 1.40. The summed E-state index contributed by atoms with van der Waals surface area (Å²) in [5.74, 6) is 0. The van der Waals surface area contributed by atoms with Gasteiger partial charge in [-0.15, -0.1) is 0 Å². The van der Waals surface area contributed by atoms with Crippen LogP contribution in [0.4, 0.5) is 0 Å². The quantitative estimate of drug-likeness (QED) is 0.467. The van der Waals surface area contributed by atoms with Gasteiger partial charge in [0.1, 0.15) is 0 Å². The van der Waals surface area contributed by atoms with E-state index in [1.165, 1.54) is 12.1 Å². The Morgan fingerprint density at radius 1 is 0.500 bits per heavy atom. The van der Waals surface area contributed by atoms with E-state index >= 15 is 0 Å². The standard InChI is InChI=1S/C10H2Cl6/c11-3-1-5(13)9(15)8-7(3)4(12)2-6(14)10(8)16/h1-2H. The average Bonchev–Trinajstić information content (AvgIpc) is 2.20. The molecule has 0 atom stereocenters. The van der Waals surface area contributed by atoms with Crippen molar-refractivity contribution in [2.45, 2.75) is 0 Å². The lowest BCUT2D eigenvalue weighted by atomic mass is 10.1. The topological polar surface area (TPSA) is 0 Å². The molecule has 0 bridgehead atoms. The van der Waals surface area contributed by atoms with Crippen LogP contribution in [0.3, 0.4) is 0 Å². The molecule has 0 spiro atoms. The first-order chi connectivity index (χ1) is 7.43. The van der Waals surface area contributed by atoms with Crippen LogP contribution >= 0.6 is 69.6 Å². The van der Waals surface area contributed by atoms with Crippen molar-refractivity contribution in [3.8, 4) is 0 Å². The second kappa shape index (κ2) is 4.61. The third-order valence-corrected chi connectivity index (χ3v) is 4.26. The Morgan fingerprint density at radius 2 is 0.875 bits per heavy atom. The zero-order valence-electron chi connectivity index (χ0n) is 7.42. The van der Waals surface area contributed by atoms with Crippen molar-refractivity contribution in [1.82, 2.24) is 0 Å². The lowest BCUT2D eigenvalue weighted by Gasteiger charge is -2.10. The summed E-state index contributed by atoms with van der Waals surface area (Å²) in [6.07, 6.45) is 0. The van der Waals surface area contributed by atoms with Crippen molar-refractivity contribution >= 4 is 80.4 Å². The molecule has 0 aliphatic rings. The van der Waals surface area contributed by atoms with Gasteiger partial charge >= 0.3 is 0 Å². The van der Waals surface area contributed by atoms with Crippen molar-refractivity contribution in [3.05, 3.63) is 42.3 Å². The molecular weight excluding hydrogens is 333 g/mol. The lowest BCUT2D eigenvalue weighted by molar-refractivity contribution is 1.73. The third-order valence-electron chi connectivity index (χ3n) is 2.09. The zero-order valence-corrected chi connectivity index (χ0v) is 12.0. The highest BCUT2D eigenvalue weighted by Crippen LogP contribution is 2.45. The molecule has 84 valence electrons. The van der Waals surface area contributed by atoms with Crippen LogP contribution in [0.1, 0.15) is 0 Å². The van der Waals surface area contributed by atoms with Crippen LogP contribution in [-0.4, -0.2) is 0 Å². The Morgan fingerprint density at radius 3 is 1.25 bits per heavy atom. The minimum absolute atomic E-state index is 0.287. The maximum absolute atomic E-state index is 6.05. The monoisotopic (exact) mass is 332 g/mol. The van der Waals surface area contributed by atoms with E-state index in [4.69, 9.17) is 69.6 Å². The summed E-state index contributed by atoms with van der Waals surface area (Å²) in [6.45, 7) is 0. The van der Waals surface area contributed by atoms with Crippen molar-refractivity contribution in [1.29, 1.82) is 0 Å². The average molecular weight is 335 g/mol. The predicted octanol–water partition coefficient (Wildman–Crippen LogP) is 6.76. The summed E-state index contributed by atoms with van der Waals surface area (Å²) in [7, 11) is 0. The van der Waals surface area contributed by atoms with Crippen molar-refractivity contribution in [2.24, 2.45) is 0 Å². The summed E-state index contributed by atoms with van der Waals surface area (Å²) in [5.41, 5.74) is 0. The van der Waals surface area contributed by atoms with Gasteiger partial charge < -0.3 is 0 Å². The van der Waals surface area contributed by atoms with E-state index in [0.717, 1.165) is 0 Å². The normalized spacial score (nSPS) is 11.1. The number of benzene rings is 2. The highest BCUT2D eigenvalue weighted by atomic mass is 35.5. The predicted molar refractivity (Wildman–Crippen MR) is 74.0 cm³/mol. The van der Waals surface area contributed by atoms with Crippen molar-refractivity contribution < 1.29 is 0 Å². The fraction of sp³-hybridized carbons (Fsp3) is 0. The highest BCUT2D eigenvalue weighted by Gasteiger charge is 2.16. The van der Waals surface area contributed by atoms with Gasteiger partial charge in [-0.3, -0.25) is 0 Å². The van der Waals surface area contributed by atoms with Crippen LogP contribution in [0.25, 0.3) is 10.8 Å². The molecule has 0 aliphatic carbocycles. The second-order valence-corrected chi connectivity index (χ2v) is 5.44. The maximum Gasteiger partial charge on any atom is 0.0687 e. The molecule has 0 aliphatic heterocycles. The van der Waals surface area contributed by atoms with E-state index in [2.05, 4.69) is 0 Å². The molecule has 16 heavy (non-hydrogen) atoms. The lowest BCUT2D eigenvalue weighted by Crippen LogP contribution is -1.83. The molecule has 0 aromatic heterocycles. The largest absolute Gasteiger partial charge is 0.0835 e. The van der Waals surface area contributed by atoms with Gasteiger partial charge in [-0.2, -0.15) is 0 Å². The molecule has 0 N–H and O–H groups in total. The van der Waals surface area contributed by atoms with Crippen molar-refractivity contribution in [3.63, 3.8) is 0 Å². The summed E-state index contributed by atoms with van der Waals surface area (Å²) in [5, 5.41) is 2.97. The molecule has 2 rings (SSSR count). The van der Waals surface area contributed by atoms with Crippen LogP contribution in [-0.2, 0) is 0 Å². The summed E-state index contributed by atoms with van der Waals surface area (Å²) < 4.78 is 0. The molecule has 0 heterocycles. The third kappa shape index (κ3) is 1.96. The highest BCUT2D eigenvalue weighted by molar-refractivity contribution is 6.55. The van der Waals surface area contributed by atoms with E-state index in [0.29, 0.717) is 30.9 Å². The van der Waals surface area contributed by atoms with Gasteiger partial charge in [0.25, 0.3) is 0 Å². The van der Waals surface area contributed by atoms with E-state index in [-0.39, 0.29) is 10.0 Å². The van der Waals surface area contributed by atoms with Crippen LogP contribution in [0.15, 0.2) is 12.1 Å². The SMILES string of the molecule is Clc1cc(Cl)c2c(Cl)cc(Cl)c(Cl)c2c1Cl. The number of rotatable bonds is 0. The molecule has 0 fully saturated rings. The maximum atomic E-state index is 6.05. The van der Waals surface area contributed by atoms with Gasteiger partial charge in [0, 0.05) is 10.8 Å². The number of hydrogen-bond donors (Lipinski definition) is 0. The van der Waals surface area contributed by atoms with Gasteiger partial charge in [0.05, 0.1) is 30.1 Å². The Balaban J connectivity index is 3.11. The molecule has 6 heteroatoms. The molecule has 2 aromatic carbocycles. The smallest absolute Gasteiger partial charge is 0.0687 e. The molecule has 0 radical (unpaired) electrons. The van der Waals surface area contributed by atoms with E-state index in [9.17, 15) is 0 Å². The van der Waals surface area contributed by atoms with Gasteiger partial charge in [-0.05, 0) is 12.1 Å². The Labute approximate surface area is 122 Å². The first-order valence-electron chi connectivity index (χ1n) is 4.04.